The summed E-state index contributed by atoms with van der Waals surface area (Å²) in [6.45, 7) is 5.52. The number of phenols is 1. The average Bonchev–Trinajstić information content (AvgIpc) is 2.62. The lowest BCUT2D eigenvalue weighted by Gasteiger charge is -2.32. The van der Waals surface area contributed by atoms with Crippen LogP contribution in [-0.4, -0.2) is 28.6 Å². The summed E-state index contributed by atoms with van der Waals surface area (Å²) < 4.78 is 6.12. The van der Waals surface area contributed by atoms with Crippen molar-refractivity contribution in [1.82, 2.24) is 5.32 Å². The third-order valence-corrected chi connectivity index (χ3v) is 4.85. The molecule has 2 aromatic rings. The Kier molecular flexibility index (Phi) is 7.72. The molecule has 0 aromatic heterocycles. The van der Waals surface area contributed by atoms with Crippen molar-refractivity contribution in [2.75, 3.05) is 0 Å². The molecule has 0 fully saturated rings. The maximum Gasteiger partial charge on any atom is 0.176 e. The van der Waals surface area contributed by atoms with Crippen LogP contribution in [0.3, 0.4) is 0 Å². The van der Waals surface area contributed by atoms with Crippen molar-refractivity contribution in [2.45, 2.75) is 51.0 Å². The number of halogens is 1. The van der Waals surface area contributed by atoms with E-state index in [0.29, 0.717) is 5.75 Å². The molecule has 2 aromatic carbocycles. The number of aliphatic hydroxyl groups excluding tert-OH is 1. The Morgan fingerprint density at radius 2 is 2.04 bits per heavy atom. The molecular weight excluding hydrogens is 362 g/mol. The SMILES string of the molecule is C=CCc1ccccc1OC(NC1CCc2ccc(O)cc2C1)C(C)O.Cl. The van der Waals surface area contributed by atoms with Crippen LogP contribution >= 0.6 is 12.4 Å². The molecule has 0 saturated carbocycles. The van der Waals surface area contributed by atoms with E-state index in [2.05, 4.69) is 11.9 Å². The fourth-order valence-electron chi connectivity index (χ4n) is 3.47. The summed E-state index contributed by atoms with van der Waals surface area (Å²) in [4.78, 5) is 0. The van der Waals surface area contributed by atoms with Crippen LogP contribution in [0, 0.1) is 0 Å². The highest BCUT2D eigenvalue weighted by molar-refractivity contribution is 5.85. The van der Waals surface area contributed by atoms with E-state index < -0.39 is 12.3 Å². The summed E-state index contributed by atoms with van der Waals surface area (Å²) in [7, 11) is 0. The first-order valence-corrected chi connectivity index (χ1v) is 9.17. The van der Waals surface area contributed by atoms with E-state index in [1.54, 1.807) is 13.0 Å². The van der Waals surface area contributed by atoms with Gasteiger partial charge in [0.1, 0.15) is 17.6 Å². The first-order valence-electron chi connectivity index (χ1n) is 9.17. The summed E-state index contributed by atoms with van der Waals surface area (Å²) in [5, 5.41) is 23.4. The van der Waals surface area contributed by atoms with Crippen LogP contribution in [-0.2, 0) is 19.3 Å². The minimum Gasteiger partial charge on any atom is -0.508 e. The van der Waals surface area contributed by atoms with E-state index in [4.69, 9.17) is 4.74 Å². The number of aliphatic hydroxyl groups is 1. The number of phenolic OH excluding ortho intramolecular Hbond substituents is 1. The fourth-order valence-corrected chi connectivity index (χ4v) is 3.47. The summed E-state index contributed by atoms with van der Waals surface area (Å²) in [6.07, 6.45) is 4.15. The molecule has 5 heteroatoms. The Hall–Kier alpha value is -2.01. The molecule has 0 saturated heterocycles. The van der Waals surface area contributed by atoms with Crippen molar-refractivity contribution in [3.05, 3.63) is 71.8 Å². The number of hydrogen-bond acceptors (Lipinski definition) is 4. The van der Waals surface area contributed by atoms with Crippen molar-refractivity contribution in [2.24, 2.45) is 0 Å². The van der Waals surface area contributed by atoms with Crippen molar-refractivity contribution in [1.29, 1.82) is 0 Å². The zero-order valence-corrected chi connectivity index (χ0v) is 16.4. The number of para-hydroxylation sites is 1. The number of fused-ring (bicyclic) bond motifs is 1. The molecule has 27 heavy (non-hydrogen) atoms. The van der Waals surface area contributed by atoms with Gasteiger partial charge in [0.15, 0.2) is 6.23 Å². The van der Waals surface area contributed by atoms with Crippen LogP contribution in [0.5, 0.6) is 11.5 Å². The lowest BCUT2D eigenvalue weighted by molar-refractivity contribution is 0.0175. The van der Waals surface area contributed by atoms with Crippen molar-refractivity contribution < 1.29 is 14.9 Å². The molecule has 0 aliphatic heterocycles. The maximum atomic E-state index is 10.2. The van der Waals surface area contributed by atoms with E-state index in [1.165, 1.54) is 5.56 Å². The van der Waals surface area contributed by atoms with Crippen LogP contribution in [0.2, 0.25) is 0 Å². The molecule has 1 aliphatic rings. The van der Waals surface area contributed by atoms with Crippen LogP contribution < -0.4 is 10.1 Å². The van der Waals surface area contributed by atoms with Gasteiger partial charge in [0.25, 0.3) is 0 Å². The van der Waals surface area contributed by atoms with E-state index >= 15 is 0 Å². The van der Waals surface area contributed by atoms with Crippen LogP contribution in [0.15, 0.2) is 55.1 Å². The van der Waals surface area contributed by atoms with Gasteiger partial charge in [-0.2, -0.15) is 0 Å². The molecule has 0 bridgehead atoms. The molecule has 3 unspecified atom stereocenters. The first-order chi connectivity index (χ1) is 12.6. The molecule has 3 rings (SSSR count). The van der Waals surface area contributed by atoms with Crippen molar-refractivity contribution in [3.8, 4) is 11.5 Å². The van der Waals surface area contributed by atoms with E-state index in [9.17, 15) is 10.2 Å². The molecular formula is C22H28ClNO3. The largest absolute Gasteiger partial charge is 0.508 e. The van der Waals surface area contributed by atoms with Gasteiger partial charge in [-0.05, 0) is 67.5 Å². The topological polar surface area (TPSA) is 61.7 Å². The number of rotatable bonds is 7. The first kappa shape index (κ1) is 21.3. The van der Waals surface area contributed by atoms with Gasteiger partial charge in [0.2, 0.25) is 0 Å². The summed E-state index contributed by atoms with van der Waals surface area (Å²) in [6, 6.07) is 13.6. The molecule has 3 atom stereocenters. The van der Waals surface area contributed by atoms with E-state index in [1.807, 2.05) is 42.5 Å². The molecule has 146 valence electrons. The number of aryl methyl sites for hydroxylation is 1. The Morgan fingerprint density at radius 3 is 2.78 bits per heavy atom. The van der Waals surface area contributed by atoms with Gasteiger partial charge in [-0.1, -0.05) is 30.3 Å². The lowest BCUT2D eigenvalue weighted by Crippen LogP contribution is -2.50. The molecule has 1 aliphatic carbocycles. The molecule has 3 N–H and O–H groups in total. The predicted octanol–water partition coefficient (Wildman–Crippen LogP) is 3.78. The van der Waals surface area contributed by atoms with Crippen LogP contribution in [0.25, 0.3) is 0 Å². The number of benzene rings is 2. The van der Waals surface area contributed by atoms with Gasteiger partial charge in [0.05, 0.1) is 0 Å². The van der Waals surface area contributed by atoms with E-state index in [0.717, 1.165) is 42.6 Å². The molecule has 4 nitrogen and oxygen atoms in total. The quantitative estimate of drug-likeness (QED) is 0.498. The molecule has 0 spiro atoms. The van der Waals surface area contributed by atoms with Gasteiger partial charge in [-0.15, -0.1) is 19.0 Å². The normalized spacial score (nSPS) is 17.9. The third kappa shape index (κ3) is 5.48. The number of nitrogens with one attached hydrogen (secondary N) is 1. The Balaban J connectivity index is 0.00000261. The Bertz CT molecular complexity index is 763. The number of aromatic hydroxyl groups is 1. The number of hydrogen-bond donors (Lipinski definition) is 3. The van der Waals surface area contributed by atoms with Gasteiger partial charge in [-0.25, -0.2) is 0 Å². The molecule has 0 radical (unpaired) electrons. The predicted molar refractivity (Wildman–Crippen MR) is 111 cm³/mol. The monoisotopic (exact) mass is 389 g/mol. The molecule has 0 heterocycles. The van der Waals surface area contributed by atoms with Gasteiger partial charge >= 0.3 is 0 Å². The van der Waals surface area contributed by atoms with Gasteiger partial charge in [0, 0.05) is 6.04 Å². The Morgan fingerprint density at radius 1 is 1.26 bits per heavy atom. The van der Waals surface area contributed by atoms with E-state index in [-0.39, 0.29) is 18.4 Å². The van der Waals surface area contributed by atoms with Crippen molar-refractivity contribution in [3.63, 3.8) is 0 Å². The Labute approximate surface area is 167 Å². The van der Waals surface area contributed by atoms with Crippen LogP contribution in [0.1, 0.15) is 30.0 Å². The molecule has 0 amide bonds. The summed E-state index contributed by atoms with van der Waals surface area (Å²) in [5.74, 6) is 1.06. The smallest absolute Gasteiger partial charge is 0.176 e. The summed E-state index contributed by atoms with van der Waals surface area (Å²) in [5.41, 5.74) is 3.49. The minimum atomic E-state index is -0.655. The standard InChI is InChI=1S/C22H27NO3.ClH/c1-3-6-17-7-4-5-8-21(17)26-22(15(2)24)23-19-11-9-16-10-12-20(25)14-18(16)13-19;/h3-5,7-8,10,12,14-15,19,22-25H,1,6,9,11,13H2,2H3;1H. The maximum absolute atomic E-state index is 10.2. The minimum absolute atomic E-state index is 0. The highest BCUT2D eigenvalue weighted by Crippen LogP contribution is 2.26. The second-order valence-corrected chi connectivity index (χ2v) is 6.94. The number of allylic oxidation sites excluding steroid dienone is 1. The second kappa shape index (κ2) is 9.79. The number of ether oxygens (including phenoxy) is 1. The average molecular weight is 390 g/mol. The fraction of sp³-hybridized carbons (Fsp3) is 0.364. The van der Waals surface area contributed by atoms with Gasteiger partial charge < -0.3 is 14.9 Å². The third-order valence-electron chi connectivity index (χ3n) is 4.85. The highest BCUT2D eigenvalue weighted by Gasteiger charge is 2.25. The second-order valence-electron chi connectivity index (χ2n) is 6.94. The summed E-state index contributed by atoms with van der Waals surface area (Å²) >= 11 is 0. The zero-order chi connectivity index (χ0) is 18.5. The van der Waals surface area contributed by atoms with Crippen molar-refractivity contribution >= 4 is 12.4 Å². The zero-order valence-electron chi connectivity index (χ0n) is 15.6. The lowest BCUT2D eigenvalue weighted by atomic mass is 9.88. The van der Waals surface area contributed by atoms with Crippen LogP contribution in [0.4, 0.5) is 0 Å². The van der Waals surface area contributed by atoms with Gasteiger partial charge in [-0.3, -0.25) is 5.32 Å². The highest BCUT2D eigenvalue weighted by atomic mass is 35.5.